The van der Waals surface area contributed by atoms with Crippen molar-refractivity contribution in [3.05, 3.63) is 11.7 Å². The van der Waals surface area contributed by atoms with E-state index in [-0.39, 0.29) is 11.0 Å². The van der Waals surface area contributed by atoms with Gasteiger partial charge in [-0.1, -0.05) is 30.8 Å². The van der Waals surface area contributed by atoms with Crippen LogP contribution in [0, 0.1) is 0 Å². The maximum absolute atomic E-state index is 5.85. The Morgan fingerprint density at radius 3 is 2.50 bits per heavy atom. The molecule has 0 bridgehead atoms. The normalized spacial score (nSPS) is 30.3. The minimum Gasteiger partial charge on any atom is -0.370 e. The van der Waals surface area contributed by atoms with E-state index in [1.807, 2.05) is 0 Å². The molecule has 0 amide bonds. The lowest BCUT2D eigenvalue weighted by Crippen LogP contribution is -2.30. The first kappa shape index (κ1) is 14.0. The fourth-order valence-electron chi connectivity index (χ4n) is 3.47. The van der Waals surface area contributed by atoms with E-state index in [0.29, 0.717) is 0 Å². The molecule has 5 heteroatoms. The molecule has 1 aliphatic heterocycles. The molecule has 2 heterocycles. The van der Waals surface area contributed by atoms with Gasteiger partial charge in [-0.15, -0.1) is 0 Å². The Bertz CT molecular complexity index is 444. The summed E-state index contributed by atoms with van der Waals surface area (Å²) in [5.41, 5.74) is -0.356. The molecule has 1 N–H and O–H groups in total. The maximum atomic E-state index is 5.85. The van der Waals surface area contributed by atoms with Gasteiger partial charge in [0.1, 0.15) is 5.60 Å². The zero-order valence-corrected chi connectivity index (χ0v) is 12.6. The molecule has 1 aliphatic carbocycles. The Labute approximate surface area is 120 Å². The minimum absolute atomic E-state index is 0.0229. The first-order valence-electron chi connectivity index (χ1n) is 7.79. The second-order valence-electron chi connectivity index (χ2n) is 6.52. The molecule has 0 aromatic carbocycles. The zero-order valence-electron chi connectivity index (χ0n) is 12.6. The average molecular weight is 279 g/mol. The number of ether oxygens (including phenoxy) is 1. The molecule has 0 spiro atoms. The van der Waals surface area contributed by atoms with E-state index in [0.717, 1.165) is 44.1 Å². The van der Waals surface area contributed by atoms with Crippen LogP contribution in [0.5, 0.6) is 0 Å². The number of aromatic nitrogens is 2. The van der Waals surface area contributed by atoms with Crippen LogP contribution in [-0.2, 0) is 15.8 Å². The van der Waals surface area contributed by atoms with Gasteiger partial charge < -0.3 is 14.6 Å². The van der Waals surface area contributed by atoms with Crippen molar-refractivity contribution in [2.24, 2.45) is 0 Å². The summed E-state index contributed by atoms with van der Waals surface area (Å²) in [7, 11) is 1.78. The molecule has 1 atom stereocenters. The van der Waals surface area contributed by atoms with Crippen LogP contribution in [0.1, 0.15) is 63.6 Å². The lowest BCUT2D eigenvalue weighted by Gasteiger charge is -2.27. The van der Waals surface area contributed by atoms with E-state index in [1.165, 1.54) is 25.7 Å². The van der Waals surface area contributed by atoms with E-state index < -0.39 is 0 Å². The third-order valence-corrected chi connectivity index (χ3v) is 5.02. The summed E-state index contributed by atoms with van der Waals surface area (Å²) < 4.78 is 11.4. The summed E-state index contributed by atoms with van der Waals surface area (Å²) in [6.45, 7) is 4.12. The highest BCUT2D eigenvalue weighted by Crippen LogP contribution is 2.38. The monoisotopic (exact) mass is 279 g/mol. The van der Waals surface area contributed by atoms with Gasteiger partial charge >= 0.3 is 0 Å². The Balaban J connectivity index is 1.87. The van der Waals surface area contributed by atoms with Gasteiger partial charge in [0.05, 0.1) is 5.41 Å². The summed E-state index contributed by atoms with van der Waals surface area (Å²) in [5, 5.41) is 7.65. The van der Waals surface area contributed by atoms with Crippen molar-refractivity contribution in [2.75, 3.05) is 20.2 Å². The fraction of sp³-hybridized carbons (Fsp3) is 0.867. The quantitative estimate of drug-likeness (QED) is 0.861. The Hall–Kier alpha value is -0.940. The largest absolute Gasteiger partial charge is 0.370 e. The van der Waals surface area contributed by atoms with Gasteiger partial charge in [0, 0.05) is 13.7 Å². The predicted molar refractivity (Wildman–Crippen MR) is 75.5 cm³/mol. The highest BCUT2D eigenvalue weighted by Gasteiger charge is 2.41. The van der Waals surface area contributed by atoms with Crippen molar-refractivity contribution < 1.29 is 9.26 Å². The first-order valence-corrected chi connectivity index (χ1v) is 7.79. The maximum Gasteiger partial charge on any atom is 0.234 e. The van der Waals surface area contributed by atoms with Crippen LogP contribution >= 0.6 is 0 Å². The molecule has 1 aromatic rings. The lowest BCUT2D eigenvalue weighted by molar-refractivity contribution is -0.0365. The average Bonchev–Trinajstić information content (AvgIpc) is 3.05. The van der Waals surface area contributed by atoms with Crippen LogP contribution in [0.2, 0.25) is 0 Å². The standard InChI is InChI=1S/C15H25N3O2/c1-14(9-10-16-11-14)13-17-12(18-20-13)15(19-2)7-5-3-4-6-8-15/h16H,3-11H2,1-2H3. The number of rotatable bonds is 3. The van der Waals surface area contributed by atoms with E-state index in [4.69, 9.17) is 14.2 Å². The highest BCUT2D eigenvalue weighted by molar-refractivity contribution is 5.11. The van der Waals surface area contributed by atoms with Crippen LogP contribution in [0.15, 0.2) is 4.52 Å². The number of nitrogens with zero attached hydrogens (tertiary/aromatic N) is 2. The van der Waals surface area contributed by atoms with E-state index >= 15 is 0 Å². The molecule has 3 rings (SSSR count). The Morgan fingerprint density at radius 1 is 1.15 bits per heavy atom. The Kier molecular flexibility index (Phi) is 3.82. The fourth-order valence-corrected chi connectivity index (χ4v) is 3.47. The second kappa shape index (κ2) is 5.45. The predicted octanol–water partition coefficient (Wildman–Crippen LogP) is 2.52. The molecule has 2 fully saturated rings. The third-order valence-electron chi connectivity index (χ3n) is 5.02. The first-order chi connectivity index (χ1) is 9.69. The zero-order chi connectivity index (χ0) is 14.1. The summed E-state index contributed by atoms with van der Waals surface area (Å²) in [6.07, 6.45) is 7.95. The molecule has 0 radical (unpaired) electrons. The van der Waals surface area contributed by atoms with Gasteiger partial charge in [0.25, 0.3) is 0 Å². The minimum atomic E-state index is -0.333. The summed E-state index contributed by atoms with van der Waals surface area (Å²) in [6, 6.07) is 0. The highest BCUT2D eigenvalue weighted by atomic mass is 16.5. The summed E-state index contributed by atoms with van der Waals surface area (Å²) >= 11 is 0. The van der Waals surface area contributed by atoms with Gasteiger partial charge in [-0.25, -0.2) is 0 Å². The molecule has 2 aliphatic rings. The van der Waals surface area contributed by atoms with Gasteiger partial charge in [-0.2, -0.15) is 4.98 Å². The topological polar surface area (TPSA) is 60.2 Å². The summed E-state index contributed by atoms with van der Waals surface area (Å²) in [5.74, 6) is 1.52. The third kappa shape index (κ3) is 2.37. The van der Waals surface area contributed by atoms with Gasteiger partial charge in [-0.05, 0) is 32.7 Å². The van der Waals surface area contributed by atoms with Crippen LogP contribution in [0.4, 0.5) is 0 Å². The van der Waals surface area contributed by atoms with Gasteiger partial charge in [0.2, 0.25) is 11.7 Å². The number of hydrogen-bond acceptors (Lipinski definition) is 5. The second-order valence-corrected chi connectivity index (χ2v) is 6.52. The van der Waals surface area contributed by atoms with E-state index in [9.17, 15) is 0 Å². The van der Waals surface area contributed by atoms with Crippen LogP contribution in [0.25, 0.3) is 0 Å². The van der Waals surface area contributed by atoms with Crippen molar-refractivity contribution in [2.45, 2.75) is 62.9 Å². The van der Waals surface area contributed by atoms with Crippen molar-refractivity contribution in [3.8, 4) is 0 Å². The SMILES string of the molecule is COC1(c2noc(C3(C)CCNC3)n2)CCCCCC1. The molecule has 1 unspecified atom stereocenters. The number of methoxy groups -OCH3 is 1. The van der Waals surface area contributed by atoms with Crippen LogP contribution in [0.3, 0.4) is 0 Å². The molecule has 1 saturated carbocycles. The molecule has 20 heavy (non-hydrogen) atoms. The van der Waals surface area contributed by atoms with Crippen LogP contribution < -0.4 is 5.32 Å². The molecular weight excluding hydrogens is 254 g/mol. The molecule has 5 nitrogen and oxygen atoms in total. The van der Waals surface area contributed by atoms with Crippen LogP contribution in [-0.4, -0.2) is 30.3 Å². The molecular formula is C15H25N3O2. The van der Waals surface area contributed by atoms with Crippen molar-refractivity contribution in [1.29, 1.82) is 0 Å². The lowest BCUT2D eigenvalue weighted by atomic mass is 9.89. The van der Waals surface area contributed by atoms with E-state index in [2.05, 4.69) is 17.4 Å². The van der Waals surface area contributed by atoms with Gasteiger partial charge in [-0.3, -0.25) is 0 Å². The van der Waals surface area contributed by atoms with E-state index in [1.54, 1.807) is 7.11 Å². The number of nitrogens with one attached hydrogen (secondary N) is 1. The van der Waals surface area contributed by atoms with Crippen molar-refractivity contribution in [3.63, 3.8) is 0 Å². The van der Waals surface area contributed by atoms with Gasteiger partial charge in [0.15, 0.2) is 0 Å². The number of hydrogen-bond donors (Lipinski definition) is 1. The molecule has 1 saturated heterocycles. The molecule has 1 aromatic heterocycles. The van der Waals surface area contributed by atoms with Crippen molar-refractivity contribution in [1.82, 2.24) is 15.5 Å². The smallest absolute Gasteiger partial charge is 0.234 e. The Morgan fingerprint density at radius 2 is 1.90 bits per heavy atom. The van der Waals surface area contributed by atoms with Crippen molar-refractivity contribution >= 4 is 0 Å². The molecule has 112 valence electrons. The summed E-state index contributed by atoms with van der Waals surface area (Å²) in [4.78, 5) is 4.73.